The summed E-state index contributed by atoms with van der Waals surface area (Å²) in [4.78, 5) is 25.2. The molecule has 1 aliphatic rings. The van der Waals surface area contributed by atoms with Gasteiger partial charge in [0.2, 0.25) is 5.91 Å². The Labute approximate surface area is 147 Å². The lowest BCUT2D eigenvalue weighted by Crippen LogP contribution is -2.41. The zero-order valence-corrected chi connectivity index (χ0v) is 14.4. The van der Waals surface area contributed by atoms with E-state index in [2.05, 4.69) is 5.32 Å². The van der Waals surface area contributed by atoms with E-state index in [0.717, 1.165) is 12.1 Å². The molecule has 5 nitrogen and oxygen atoms in total. The molecule has 1 aromatic rings. The van der Waals surface area contributed by atoms with Gasteiger partial charge in [0.25, 0.3) is 0 Å². The maximum atomic E-state index is 12.9. The van der Waals surface area contributed by atoms with Crippen LogP contribution in [0.1, 0.15) is 19.4 Å². The first-order chi connectivity index (χ1) is 11.5. The number of hydrogen-bond donors (Lipinski definition) is 2. The summed E-state index contributed by atoms with van der Waals surface area (Å²) < 4.78 is 38.6. The van der Waals surface area contributed by atoms with Gasteiger partial charge in [-0.3, -0.25) is 14.5 Å². The molecule has 138 valence electrons. The first-order valence-corrected chi connectivity index (χ1v) is 8.03. The highest BCUT2D eigenvalue weighted by Crippen LogP contribution is 2.36. The fourth-order valence-corrected chi connectivity index (χ4v) is 3.10. The van der Waals surface area contributed by atoms with Crippen molar-refractivity contribution in [1.29, 1.82) is 0 Å². The number of carbonyl (C=O) groups is 2. The molecule has 1 fully saturated rings. The van der Waals surface area contributed by atoms with Gasteiger partial charge in [0.15, 0.2) is 0 Å². The molecule has 1 amide bonds. The summed E-state index contributed by atoms with van der Waals surface area (Å²) in [5.74, 6) is -2.11. The highest BCUT2D eigenvalue weighted by atomic mass is 35.5. The van der Waals surface area contributed by atoms with E-state index in [1.54, 1.807) is 18.7 Å². The van der Waals surface area contributed by atoms with Crippen molar-refractivity contribution in [3.05, 3.63) is 28.8 Å². The summed E-state index contributed by atoms with van der Waals surface area (Å²) in [6.45, 7) is 4.03. The molecule has 1 unspecified atom stereocenters. The molecule has 2 N–H and O–H groups in total. The second kappa shape index (κ2) is 7.21. The number of amides is 1. The Bertz CT molecular complexity index is 681. The van der Waals surface area contributed by atoms with Crippen molar-refractivity contribution in [3.8, 4) is 0 Å². The summed E-state index contributed by atoms with van der Waals surface area (Å²) in [6.07, 6.45) is -4.62. The molecule has 1 aromatic carbocycles. The number of carboxylic acid groups (broad SMARTS) is 1. The average molecular weight is 379 g/mol. The number of aliphatic carboxylic acids is 1. The van der Waals surface area contributed by atoms with Crippen LogP contribution in [0.5, 0.6) is 0 Å². The Morgan fingerprint density at radius 1 is 1.36 bits per heavy atom. The molecule has 0 saturated carbocycles. The van der Waals surface area contributed by atoms with Crippen molar-refractivity contribution in [1.82, 2.24) is 4.90 Å². The van der Waals surface area contributed by atoms with Crippen LogP contribution in [0, 0.1) is 11.8 Å². The third kappa shape index (κ3) is 4.43. The Kier molecular flexibility index (Phi) is 5.63. The quantitative estimate of drug-likeness (QED) is 0.843. The number of nitrogens with zero attached hydrogens (tertiary/aromatic N) is 1. The predicted molar refractivity (Wildman–Crippen MR) is 86.4 cm³/mol. The Balaban J connectivity index is 2.09. The van der Waals surface area contributed by atoms with Crippen LogP contribution in [-0.2, 0) is 15.8 Å². The summed E-state index contributed by atoms with van der Waals surface area (Å²) in [5.41, 5.74) is -1.05. The molecule has 1 saturated heterocycles. The molecule has 1 aliphatic heterocycles. The smallest absolute Gasteiger partial charge is 0.417 e. The van der Waals surface area contributed by atoms with Crippen LogP contribution in [-0.4, -0.2) is 41.0 Å². The first-order valence-electron chi connectivity index (χ1n) is 7.65. The number of halogens is 4. The van der Waals surface area contributed by atoms with E-state index >= 15 is 0 Å². The van der Waals surface area contributed by atoms with Crippen LogP contribution in [0.25, 0.3) is 0 Å². The standard InChI is InChI=1S/C16H18ClF3N2O3/c1-8-6-22(7-11(8)15(24)25)9(2)14(23)21-10-3-4-13(17)12(5-10)16(18,19)20/h3-5,8-9,11H,6-7H2,1-2H3,(H,21,23)(H,24,25)/t8-,9?,11-/m1/s1. The topological polar surface area (TPSA) is 69.6 Å². The van der Waals surface area contributed by atoms with Gasteiger partial charge in [0.05, 0.1) is 22.5 Å². The lowest BCUT2D eigenvalue weighted by atomic mass is 9.99. The van der Waals surface area contributed by atoms with Gasteiger partial charge in [0, 0.05) is 18.8 Å². The van der Waals surface area contributed by atoms with Crippen molar-refractivity contribution in [2.24, 2.45) is 11.8 Å². The van der Waals surface area contributed by atoms with Gasteiger partial charge in [-0.1, -0.05) is 18.5 Å². The fourth-order valence-electron chi connectivity index (χ4n) is 2.87. The highest BCUT2D eigenvalue weighted by molar-refractivity contribution is 6.31. The minimum Gasteiger partial charge on any atom is -0.481 e. The van der Waals surface area contributed by atoms with Crippen LogP contribution in [0.15, 0.2) is 18.2 Å². The Morgan fingerprint density at radius 3 is 2.52 bits per heavy atom. The molecule has 0 radical (unpaired) electrons. The van der Waals surface area contributed by atoms with E-state index in [1.165, 1.54) is 6.07 Å². The monoisotopic (exact) mass is 378 g/mol. The largest absolute Gasteiger partial charge is 0.481 e. The number of carbonyl (C=O) groups excluding carboxylic acids is 1. The molecule has 0 aliphatic carbocycles. The summed E-state index contributed by atoms with van der Waals surface area (Å²) in [5, 5.41) is 11.1. The van der Waals surface area contributed by atoms with E-state index in [-0.39, 0.29) is 18.2 Å². The van der Waals surface area contributed by atoms with Gasteiger partial charge in [0.1, 0.15) is 0 Å². The lowest BCUT2D eigenvalue weighted by Gasteiger charge is -2.23. The van der Waals surface area contributed by atoms with E-state index in [4.69, 9.17) is 16.7 Å². The molecule has 0 bridgehead atoms. The number of nitrogens with one attached hydrogen (secondary N) is 1. The van der Waals surface area contributed by atoms with Gasteiger partial charge in [-0.15, -0.1) is 0 Å². The number of benzene rings is 1. The molecule has 25 heavy (non-hydrogen) atoms. The van der Waals surface area contributed by atoms with E-state index in [1.807, 2.05) is 0 Å². The first kappa shape index (κ1) is 19.5. The zero-order chi connectivity index (χ0) is 18.9. The average Bonchev–Trinajstić information content (AvgIpc) is 2.89. The number of likely N-dealkylation sites (tertiary alicyclic amines) is 1. The van der Waals surface area contributed by atoms with E-state index in [0.29, 0.717) is 6.54 Å². The Morgan fingerprint density at radius 2 is 2.00 bits per heavy atom. The third-order valence-corrected chi connectivity index (χ3v) is 4.75. The molecule has 2 rings (SSSR count). The van der Waals surface area contributed by atoms with E-state index < -0.39 is 40.6 Å². The minimum atomic E-state index is -4.62. The van der Waals surface area contributed by atoms with Crippen molar-refractivity contribution >= 4 is 29.2 Å². The van der Waals surface area contributed by atoms with Gasteiger partial charge < -0.3 is 10.4 Å². The Hall–Kier alpha value is -1.80. The van der Waals surface area contributed by atoms with Crippen molar-refractivity contribution in [2.45, 2.75) is 26.1 Å². The molecule has 9 heteroatoms. The van der Waals surface area contributed by atoms with Crippen LogP contribution in [0.3, 0.4) is 0 Å². The molecular weight excluding hydrogens is 361 g/mol. The second-order valence-corrected chi connectivity index (χ2v) is 6.64. The molecule has 0 aromatic heterocycles. The lowest BCUT2D eigenvalue weighted by molar-refractivity contribution is -0.142. The number of rotatable bonds is 4. The molecule has 1 heterocycles. The van der Waals surface area contributed by atoms with Crippen molar-refractivity contribution < 1.29 is 27.9 Å². The maximum Gasteiger partial charge on any atom is 0.417 e. The van der Waals surface area contributed by atoms with Gasteiger partial charge in [-0.2, -0.15) is 13.2 Å². The fraction of sp³-hybridized carbons (Fsp3) is 0.500. The normalized spacial score (nSPS) is 22.6. The minimum absolute atomic E-state index is 0.0180. The zero-order valence-electron chi connectivity index (χ0n) is 13.6. The van der Waals surface area contributed by atoms with Crippen LogP contribution in [0.4, 0.5) is 18.9 Å². The van der Waals surface area contributed by atoms with E-state index in [9.17, 15) is 22.8 Å². The van der Waals surface area contributed by atoms with Crippen molar-refractivity contribution in [3.63, 3.8) is 0 Å². The molecular formula is C16H18ClF3N2O3. The van der Waals surface area contributed by atoms with Crippen LogP contribution in [0.2, 0.25) is 5.02 Å². The van der Waals surface area contributed by atoms with Crippen LogP contribution < -0.4 is 5.32 Å². The SMILES string of the molecule is CC(C(=O)Nc1ccc(Cl)c(C(F)(F)F)c1)N1C[C@@H](C)[C@H](C(=O)O)C1. The van der Waals surface area contributed by atoms with Gasteiger partial charge in [-0.25, -0.2) is 0 Å². The summed E-state index contributed by atoms with van der Waals surface area (Å²) in [6, 6.07) is 2.47. The number of hydrogen-bond acceptors (Lipinski definition) is 3. The summed E-state index contributed by atoms with van der Waals surface area (Å²) >= 11 is 5.55. The van der Waals surface area contributed by atoms with Gasteiger partial charge >= 0.3 is 12.1 Å². The maximum absolute atomic E-state index is 12.9. The predicted octanol–water partition coefficient (Wildman–Crippen LogP) is 3.34. The molecule has 3 atom stereocenters. The highest BCUT2D eigenvalue weighted by Gasteiger charge is 2.38. The number of carboxylic acids is 1. The molecule has 0 spiro atoms. The number of alkyl halides is 3. The second-order valence-electron chi connectivity index (χ2n) is 6.23. The van der Waals surface area contributed by atoms with Crippen LogP contribution >= 0.6 is 11.6 Å². The summed E-state index contributed by atoms with van der Waals surface area (Å²) in [7, 11) is 0. The van der Waals surface area contributed by atoms with Crippen molar-refractivity contribution in [2.75, 3.05) is 18.4 Å². The number of anilines is 1. The third-order valence-electron chi connectivity index (χ3n) is 4.42. The van der Waals surface area contributed by atoms with Gasteiger partial charge in [-0.05, 0) is 31.0 Å².